The molecule has 1 unspecified atom stereocenters. The molecule has 0 saturated carbocycles. The Hall–Kier alpha value is -1.84. The molecule has 0 bridgehead atoms. The summed E-state index contributed by atoms with van der Waals surface area (Å²) >= 11 is 0. The van der Waals surface area contributed by atoms with Gasteiger partial charge in [-0.15, -0.1) is 0 Å². The molecule has 0 aliphatic carbocycles. The molecule has 1 aromatic carbocycles. The summed E-state index contributed by atoms with van der Waals surface area (Å²) in [5.41, 5.74) is 7.44. The van der Waals surface area contributed by atoms with E-state index in [-0.39, 0.29) is 17.4 Å². The molecule has 1 saturated heterocycles. The molecule has 0 aromatic heterocycles. The Bertz CT molecular complexity index is 483. The molecule has 0 spiro atoms. The van der Waals surface area contributed by atoms with Gasteiger partial charge in [-0.1, -0.05) is 32.9 Å². The molecule has 0 radical (unpaired) electrons. The Kier molecular flexibility index (Phi) is 5.31. The first-order chi connectivity index (χ1) is 9.30. The van der Waals surface area contributed by atoms with Crippen LogP contribution in [0.15, 0.2) is 24.3 Å². The average Bonchev–Trinajstić information content (AvgIpc) is 2.45. The Morgan fingerprint density at radius 2 is 2.10 bits per heavy atom. The Morgan fingerprint density at radius 3 is 2.45 bits per heavy atom. The van der Waals surface area contributed by atoms with Gasteiger partial charge in [0.25, 0.3) is 0 Å². The number of nitrogens with two attached hydrogens (primary N) is 1. The minimum atomic E-state index is -0.0972. The van der Waals surface area contributed by atoms with Gasteiger partial charge < -0.3 is 15.4 Å². The maximum atomic E-state index is 11.0. The van der Waals surface area contributed by atoms with E-state index < -0.39 is 0 Å². The number of hydrogen-bond acceptors (Lipinski definition) is 3. The SMILES string of the molecule is CCC(C)(C)C=O.CN1C(=O)CC1c1cccc(N)c1. The summed E-state index contributed by atoms with van der Waals surface area (Å²) in [6, 6.07) is 7.93. The zero-order chi connectivity index (χ0) is 15.3. The maximum Gasteiger partial charge on any atom is 0.225 e. The van der Waals surface area contributed by atoms with Crippen LogP contribution in [0.3, 0.4) is 0 Å². The number of rotatable bonds is 3. The predicted octanol–water partition coefficient (Wildman–Crippen LogP) is 2.79. The monoisotopic (exact) mass is 276 g/mol. The van der Waals surface area contributed by atoms with Gasteiger partial charge in [0.2, 0.25) is 5.91 Å². The molecular formula is C16H24N2O2. The van der Waals surface area contributed by atoms with Crippen molar-refractivity contribution in [2.24, 2.45) is 5.41 Å². The van der Waals surface area contributed by atoms with Crippen molar-refractivity contribution in [3.05, 3.63) is 29.8 Å². The molecule has 4 heteroatoms. The van der Waals surface area contributed by atoms with Crippen LogP contribution in [-0.2, 0) is 9.59 Å². The van der Waals surface area contributed by atoms with Crippen LogP contribution < -0.4 is 5.73 Å². The number of carbonyl (C=O) groups is 2. The van der Waals surface area contributed by atoms with Crippen LogP contribution in [0.1, 0.15) is 45.2 Å². The van der Waals surface area contributed by atoms with E-state index in [1.54, 1.807) is 4.90 Å². The van der Waals surface area contributed by atoms with Crippen LogP contribution in [0, 0.1) is 5.41 Å². The molecule has 1 fully saturated rings. The first-order valence-corrected chi connectivity index (χ1v) is 6.88. The number of likely N-dealkylation sites (tertiary alicyclic amines) is 1. The highest BCUT2D eigenvalue weighted by molar-refractivity contribution is 5.83. The van der Waals surface area contributed by atoms with Crippen molar-refractivity contribution in [3.63, 3.8) is 0 Å². The van der Waals surface area contributed by atoms with Gasteiger partial charge in [-0.05, 0) is 24.1 Å². The topological polar surface area (TPSA) is 63.4 Å². The van der Waals surface area contributed by atoms with E-state index in [0.29, 0.717) is 6.42 Å². The number of carbonyl (C=O) groups excluding carboxylic acids is 2. The number of hydrogen-bond donors (Lipinski definition) is 1. The van der Waals surface area contributed by atoms with Gasteiger partial charge in [0.15, 0.2) is 0 Å². The van der Waals surface area contributed by atoms with Gasteiger partial charge in [0, 0.05) is 18.2 Å². The lowest BCUT2D eigenvalue weighted by atomic mass is 9.93. The number of aldehydes is 1. The van der Waals surface area contributed by atoms with Crippen molar-refractivity contribution < 1.29 is 9.59 Å². The molecule has 1 aromatic rings. The van der Waals surface area contributed by atoms with Gasteiger partial charge in [0.05, 0.1) is 12.5 Å². The minimum Gasteiger partial charge on any atom is -0.399 e. The summed E-state index contributed by atoms with van der Waals surface area (Å²) in [4.78, 5) is 22.8. The zero-order valence-electron chi connectivity index (χ0n) is 12.7. The Morgan fingerprint density at radius 1 is 1.45 bits per heavy atom. The summed E-state index contributed by atoms with van der Waals surface area (Å²) in [5.74, 6) is 0.201. The molecule has 4 nitrogen and oxygen atoms in total. The fourth-order valence-electron chi connectivity index (χ4n) is 1.70. The van der Waals surface area contributed by atoms with E-state index >= 15 is 0 Å². The summed E-state index contributed by atoms with van der Waals surface area (Å²) in [6.07, 6.45) is 2.53. The Balaban J connectivity index is 0.000000246. The smallest absolute Gasteiger partial charge is 0.225 e. The van der Waals surface area contributed by atoms with Gasteiger partial charge in [-0.3, -0.25) is 4.79 Å². The minimum absolute atomic E-state index is 0.0972. The molecule has 2 N–H and O–H groups in total. The van der Waals surface area contributed by atoms with Crippen molar-refractivity contribution in [1.82, 2.24) is 4.90 Å². The van der Waals surface area contributed by atoms with Crippen molar-refractivity contribution in [2.75, 3.05) is 12.8 Å². The molecule has 2 rings (SSSR count). The fourth-order valence-corrected chi connectivity index (χ4v) is 1.70. The molecule has 1 amide bonds. The van der Waals surface area contributed by atoms with Gasteiger partial charge in [0.1, 0.15) is 6.29 Å². The Labute approximate surface area is 121 Å². The van der Waals surface area contributed by atoms with Gasteiger partial charge in [-0.2, -0.15) is 0 Å². The highest BCUT2D eigenvalue weighted by Crippen LogP contribution is 2.33. The van der Waals surface area contributed by atoms with Crippen LogP contribution >= 0.6 is 0 Å². The lowest BCUT2D eigenvalue weighted by Gasteiger charge is -2.37. The lowest BCUT2D eigenvalue weighted by molar-refractivity contribution is -0.143. The number of benzene rings is 1. The summed E-state index contributed by atoms with van der Waals surface area (Å²) in [7, 11) is 1.82. The first-order valence-electron chi connectivity index (χ1n) is 6.88. The molecule has 1 atom stereocenters. The molecule has 1 heterocycles. The largest absolute Gasteiger partial charge is 0.399 e. The van der Waals surface area contributed by atoms with Crippen molar-refractivity contribution in [2.45, 2.75) is 39.7 Å². The maximum absolute atomic E-state index is 11.0. The number of β-lactam (4-membered cyclic amide) rings is 1. The first kappa shape index (κ1) is 16.2. The third-order valence-electron chi connectivity index (χ3n) is 3.75. The van der Waals surface area contributed by atoms with E-state index in [2.05, 4.69) is 0 Å². The van der Waals surface area contributed by atoms with Crippen molar-refractivity contribution in [1.29, 1.82) is 0 Å². The molecule has 110 valence electrons. The van der Waals surface area contributed by atoms with E-state index in [1.165, 1.54) is 0 Å². The fraction of sp³-hybridized carbons (Fsp3) is 0.500. The average molecular weight is 276 g/mol. The van der Waals surface area contributed by atoms with E-state index in [0.717, 1.165) is 24.0 Å². The summed E-state index contributed by atoms with van der Waals surface area (Å²) in [6.45, 7) is 5.87. The molecule has 20 heavy (non-hydrogen) atoms. The highest BCUT2D eigenvalue weighted by atomic mass is 16.2. The van der Waals surface area contributed by atoms with Crippen LogP contribution in [0.4, 0.5) is 5.69 Å². The third kappa shape index (κ3) is 4.08. The number of nitrogen functional groups attached to an aromatic ring is 1. The lowest BCUT2D eigenvalue weighted by Crippen LogP contribution is -2.43. The molecule has 1 aliphatic rings. The second kappa shape index (κ2) is 6.55. The van der Waals surface area contributed by atoms with Crippen molar-refractivity contribution >= 4 is 17.9 Å². The van der Waals surface area contributed by atoms with Crippen LogP contribution in [-0.4, -0.2) is 24.1 Å². The summed E-state index contributed by atoms with van der Waals surface area (Å²) in [5, 5.41) is 0. The predicted molar refractivity (Wildman–Crippen MR) is 81.1 cm³/mol. The van der Waals surface area contributed by atoms with Crippen LogP contribution in [0.5, 0.6) is 0 Å². The van der Waals surface area contributed by atoms with Gasteiger partial charge in [-0.25, -0.2) is 0 Å². The van der Waals surface area contributed by atoms with Crippen LogP contribution in [0.25, 0.3) is 0 Å². The third-order valence-corrected chi connectivity index (χ3v) is 3.75. The second-order valence-corrected chi connectivity index (χ2v) is 5.85. The van der Waals surface area contributed by atoms with Crippen LogP contribution in [0.2, 0.25) is 0 Å². The van der Waals surface area contributed by atoms with Gasteiger partial charge >= 0.3 is 0 Å². The normalized spacial score (nSPS) is 17.9. The summed E-state index contributed by atoms with van der Waals surface area (Å²) < 4.78 is 0. The zero-order valence-corrected chi connectivity index (χ0v) is 12.7. The number of nitrogens with zero attached hydrogens (tertiary/aromatic N) is 1. The number of amides is 1. The molecule has 1 aliphatic heterocycles. The number of anilines is 1. The quantitative estimate of drug-likeness (QED) is 0.524. The van der Waals surface area contributed by atoms with E-state index in [1.807, 2.05) is 52.1 Å². The van der Waals surface area contributed by atoms with E-state index in [9.17, 15) is 9.59 Å². The highest BCUT2D eigenvalue weighted by Gasteiger charge is 2.33. The molecular weight excluding hydrogens is 252 g/mol. The second-order valence-electron chi connectivity index (χ2n) is 5.85. The van der Waals surface area contributed by atoms with Crippen molar-refractivity contribution in [3.8, 4) is 0 Å². The van der Waals surface area contributed by atoms with E-state index in [4.69, 9.17) is 5.73 Å². The standard InChI is InChI=1S/C10H12N2O.C6H12O/c1-12-9(6-10(12)13)7-3-2-4-8(11)5-7;1-4-6(2,3)5-7/h2-5,9H,6,11H2,1H3;5H,4H2,1-3H3.